The number of nitrogens with zero attached hydrogens (tertiary/aromatic N) is 1. The molecular formula is C26H31FN4O5. The van der Waals surface area contributed by atoms with Gasteiger partial charge in [-0.25, -0.2) is 4.39 Å². The van der Waals surface area contributed by atoms with E-state index in [1.165, 1.54) is 31.2 Å². The molecule has 0 saturated heterocycles. The quantitative estimate of drug-likeness (QED) is 0.502. The molecule has 2 aromatic rings. The summed E-state index contributed by atoms with van der Waals surface area (Å²) in [6.45, 7) is 2.46. The number of carbonyl (C=O) groups is 4. The molecule has 36 heavy (non-hydrogen) atoms. The number of rotatable bonds is 2. The minimum absolute atomic E-state index is 0.0960. The van der Waals surface area contributed by atoms with E-state index in [2.05, 4.69) is 16.0 Å². The Hall–Kier alpha value is -3.95. The van der Waals surface area contributed by atoms with Crippen molar-refractivity contribution in [3.63, 3.8) is 0 Å². The van der Waals surface area contributed by atoms with Gasteiger partial charge in [0.05, 0.1) is 6.54 Å². The largest absolute Gasteiger partial charge is 0.507 e. The second kappa shape index (κ2) is 12.7. The van der Waals surface area contributed by atoms with Gasteiger partial charge in [0.15, 0.2) is 0 Å². The van der Waals surface area contributed by atoms with E-state index in [1.807, 2.05) is 0 Å². The maximum absolute atomic E-state index is 14.7. The highest BCUT2D eigenvalue weighted by atomic mass is 19.1. The van der Waals surface area contributed by atoms with Crippen LogP contribution in [0.4, 0.5) is 4.39 Å². The number of hydrogen-bond acceptors (Lipinski definition) is 5. The monoisotopic (exact) mass is 498 g/mol. The zero-order chi connectivity index (χ0) is 26.1. The van der Waals surface area contributed by atoms with E-state index in [-0.39, 0.29) is 59.7 Å². The van der Waals surface area contributed by atoms with Gasteiger partial charge in [0, 0.05) is 56.2 Å². The predicted molar refractivity (Wildman–Crippen MR) is 132 cm³/mol. The summed E-state index contributed by atoms with van der Waals surface area (Å²) < 4.78 is 14.7. The third-order valence-electron chi connectivity index (χ3n) is 5.88. The van der Waals surface area contributed by atoms with Crippen LogP contribution in [0.15, 0.2) is 36.4 Å². The maximum Gasteiger partial charge on any atom is 0.251 e. The van der Waals surface area contributed by atoms with Crippen LogP contribution in [0.3, 0.4) is 0 Å². The first-order chi connectivity index (χ1) is 17.2. The molecule has 1 heterocycles. The minimum atomic E-state index is -0.577. The molecule has 0 aliphatic carbocycles. The lowest BCUT2D eigenvalue weighted by atomic mass is 9.98. The lowest BCUT2D eigenvalue weighted by Gasteiger charge is -2.23. The van der Waals surface area contributed by atoms with Gasteiger partial charge < -0.3 is 26.0 Å². The Labute approximate surface area is 209 Å². The standard InChI is InChI=1S/C26H31FN4O5/c1-17(32)30-16-25(35)31-12-2-4-24(34)28-11-9-18-5-8-23(33)21(14-18)20-15-19(6-7-22(20)27)26(36)29-10-3-13-31/h5-8,14-15,33H,2-4,9-13,16H2,1H3,(H,28,34)(H,29,36)(H,30,32). The Bertz CT molecular complexity index is 1140. The molecule has 1 aliphatic rings. The number of hydrogen-bond donors (Lipinski definition) is 4. The molecule has 10 heteroatoms. The number of phenols is 1. The smallest absolute Gasteiger partial charge is 0.251 e. The number of benzene rings is 2. The van der Waals surface area contributed by atoms with Crippen molar-refractivity contribution in [1.82, 2.24) is 20.9 Å². The van der Waals surface area contributed by atoms with Crippen molar-refractivity contribution in [3.8, 4) is 16.9 Å². The molecule has 9 nitrogen and oxygen atoms in total. The summed E-state index contributed by atoms with van der Waals surface area (Å²) in [5.41, 5.74) is 1.38. The number of carbonyl (C=O) groups excluding carboxylic acids is 4. The van der Waals surface area contributed by atoms with Gasteiger partial charge in [-0.05, 0) is 55.2 Å². The normalized spacial score (nSPS) is 15.6. The highest BCUT2D eigenvalue weighted by molar-refractivity contribution is 5.95. The van der Waals surface area contributed by atoms with Crippen molar-refractivity contribution in [3.05, 3.63) is 53.3 Å². The Kier molecular flexibility index (Phi) is 9.38. The number of aromatic hydroxyl groups is 1. The first-order valence-electron chi connectivity index (χ1n) is 11.9. The van der Waals surface area contributed by atoms with Crippen LogP contribution in [0, 0.1) is 5.82 Å². The maximum atomic E-state index is 14.7. The van der Waals surface area contributed by atoms with Crippen molar-refractivity contribution in [2.24, 2.45) is 0 Å². The van der Waals surface area contributed by atoms with Crippen molar-refractivity contribution in [2.45, 2.75) is 32.6 Å². The summed E-state index contributed by atoms with van der Waals surface area (Å²) in [6.07, 6.45) is 1.57. The molecule has 1 aliphatic heterocycles. The third kappa shape index (κ3) is 7.53. The molecule has 0 aromatic heterocycles. The zero-order valence-electron chi connectivity index (χ0n) is 20.2. The molecule has 0 radical (unpaired) electrons. The Morgan fingerprint density at radius 1 is 1.00 bits per heavy atom. The highest BCUT2D eigenvalue weighted by Gasteiger charge is 2.17. The first-order valence-corrected chi connectivity index (χ1v) is 11.9. The van der Waals surface area contributed by atoms with Crippen molar-refractivity contribution < 1.29 is 28.7 Å². The average molecular weight is 499 g/mol. The summed E-state index contributed by atoms with van der Waals surface area (Å²) in [4.78, 5) is 50.3. The fourth-order valence-corrected chi connectivity index (χ4v) is 3.94. The van der Waals surface area contributed by atoms with Gasteiger partial charge in [-0.2, -0.15) is 0 Å². The van der Waals surface area contributed by atoms with Crippen molar-refractivity contribution >= 4 is 23.6 Å². The number of halogens is 1. The summed E-state index contributed by atoms with van der Waals surface area (Å²) in [5, 5.41) is 18.4. The van der Waals surface area contributed by atoms with Gasteiger partial charge in [0.1, 0.15) is 11.6 Å². The summed E-state index contributed by atoms with van der Waals surface area (Å²) in [5.74, 6) is -1.85. The molecular weight excluding hydrogens is 467 g/mol. The Morgan fingerprint density at radius 2 is 1.78 bits per heavy atom. The zero-order valence-corrected chi connectivity index (χ0v) is 20.2. The predicted octanol–water partition coefficient (Wildman–Crippen LogP) is 1.74. The number of phenolic OH excluding ortho intramolecular Hbond substituents is 1. The molecule has 0 fully saturated rings. The molecule has 0 spiro atoms. The van der Waals surface area contributed by atoms with Gasteiger partial charge in [0.2, 0.25) is 17.7 Å². The van der Waals surface area contributed by atoms with E-state index in [4.69, 9.17) is 0 Å². The van der Waals surface area contributed by atoms with Crippen LogP contribution in [0.2, 0.25) is 0 Å². The van der Waals surface area contributed by atoms with Crippen molar-refractivity contribution in [2.75, 3.05) is 32.7 Å². The Morgan fingerprint density at radius 3 is 2.56 bits per heavy atom. The number of amides is 4. The third-order valence-corrected chi connectivity index (χ3v) is 5.88. The van der Waals surface area contributed by atoms with Crippen LogP contribution in [-0.2, 0) is 20.8 Å². The molecule has 3 rings (SSSR count). The van der Waals surface area contributed by atoms with Gasteiger partial charge in [-0.15, -0.1) is 0 Å². The van der Waals surface area contributed by atoms with Crippen LogP contribution in [-0.4, -0.2) is 66.4 Å². The summed E-state index contributed by atoms with van der Waals surface area (Å²) >= 11 is 0. The van der Waals surface area contributed by atoms with Crippen LogP contribution in [0.5, 0.6) is 5.75 Å². The second-order valence-corrected chi connectivity index (χ2v) is 8.65. The molecule has 4 amide bonds. The molecule has 192 valence electrons. The lowest BCUT2D eigenvalue weighted by molar-refractivity contribution is -0.133. The number of nitrogens with one attached hydrogen (secondary N) is 3. The van der Waals surface area contributed by atoms with E-state index in [1.54, 1.807) is 17.0 Å². The van der Waals surface area contributed by atoms with Crippen molar-refractivity contribution in [1.29, 1.82) is 0 Å². The van der Waals surface area contributed by atoms with Gasteiger partial charge in [-0.3, -0.25) is 19.2 Å². The minimum Gasteiger partial charge on any atom is -0.507 e. The Balaban J connectivity index is 1.81. The molecule has 0 atom stereocenters. The van der Waals surface area contributed by atoms with E-state index >= 15 is 0 Å². The second-order valence-electron chi connectivity index (χ2n) is 8.65. The fourth-order valence-electron chi connectivity index (χ4n) is 3.94. The average Bonchev–Trinajstić information content (AvgIpc) is 2.84. The van der Waals surface area contributed by atoms with Crippen LogP contribution in [0.25, 0.3) is 11.1 Å². The van der Waals surface area contributed by atoms with Crippen LogP contribution in [0.1, 0.15) is 42.1 Å². The highest BCUT2D eigenvalue weighted by Crippen LogP contribution is 2.32. The molecule has 4 bridgehead atoms. The summed E-state index contributed by atoms with van der Waals surface area (Å²) in [7, 11) is 0. The SMILES string of the molecule is CC(=O)NCC(=O)N1CCCNC(=O)c2ccc(F)c(c2)-c2cc(ccc2O)CCNC(=O)CCC1. The fraction of sp³-hybridized carbons (Fsp3) is 0.385. The molecule has 0 unspecified atom stereocenters. The van der Waals surface area contributed by atoms with Gasteiger partial charge in [0.25, 0.3) is 5.91 Å². The van der Waals surface area contributed by atoms with E-state index < -0.39 is 11.7 Å². The van der Waals surface area contributed by atoms with E-state index in [9.17, 15) is 28.7 Å². The van der Waals surface area contributed by atoms with E-state index in [0.29, 0.717) is 38.9 Å². The lowest BCUT2D eigenvalue weighted by Crippen LogP contribution is -2.41. The first kappa shape index (κ1) is 26.7. The summed E-state index contributed by atoms with van der Waals surface area (Å²) in [6, 6.07) is 8.75. The number of fused-ring (bicyclic) bond motifs is 5. The molecule has 2 aromatic carbocycles. The topological polar surface area (TPSA) is 128 Å². The van der Waals surface area contributed by atoms with Crippen LogP contribution >= 0.6 is 0 Å². The molecule has 4 N–H and O–H groups in total. The van der Waals surface area contributed by atoms with Crippen LogP contribution < -0.4 is 16.0 Å². The van der Waals surface area contributed by atoms with Gasteiger partial charge in [-0.1, -0.05) is 6.07 Å². The van der Waals surface area contributed by atoms with E-state index in [0.717, 1.165) is 5.56 Å². The molecule has 0 saturated carbocycles. The van der Waals surface area contributed by atoms with Gasteiger partial charge >= 0.3 is 0 Å².